The highest BCUT2D eigenvalue weighted by Crippen LogP contribution is 2.30. The van der Waals surface area contributed by atoms with Gasteiger partial charge in [0, 0.05) is 5.69 Å². The minimum atomic E-state index is -0.165. The van der Waals surface area contributed by atoms with Crippen molar-refractivity contribution in [2.45, 2.75) is 40.0 Å². The topological polar surface area (TPSA) is 38.3 Å². The molecule has 0 saturated heterocycles. The number of ether oxygens (including phenoxy) is 1. The summed E-state index contributed by atoms with van der Waals surface area (Å²) in [6.45, 7) is 8.36. The average Bonchev–Trinajstić information content (AvgIpc) is 2.57. The predicted molar refractivity (Wildman–Crippen MR) is 103 cm³/mol. The minimum Gasteiger partial charge on any atom is -0.483 e. The van der Waals surface area contributed by atoms with Gasteiger partial charge in [-0.25, -0.2) is 0 Å². The lowest BCUT2D eigenvalue weighted by Crippen LogP contribution is -2.21. The summed E-state index contributed by atoms with van der Waals surface area (Å²) in [5.74, 6) is 1.02. The first-order valence-corrected chi connectivity index (χ1v) is 9.00. The predicted octanol–water partition coefficient (Wildman–Crippen LogP) is 5.60. The van der Waals surface area contributed by atoms with Gasteiger partial charge in [-0.15, -0.1) is 0 Å². The van der Waals surface area contributed by atoms with E-state index in [4.69, 9.17) is 4.74 Å². The molecule has 0 heterocycles. The molecule has 0 aliphatic heterocycles. The molecular formula is C20H24BrNO2. The molecule has 0 aromatic heterocycles. The molecule has 4 heteroatoms. The van der Waals surface area contributed by atoms with Gasteiger partial charge in [-0.2, -0.15) is 0 Å². The Morgan fingerprint density at radius 1 is 1.25 bits per heavy atom. The fourth-order valence-corrected chi connectivity index (χ4v) is 2.90. The lowest BCUT2D eigenvalue weighted by atomic mass is 9.99. The fourth-order valence-electron chi connectivity index (χ4n) is 2.39. The number of rotatable bonds is 6. The minimum absolute atomic E-state index is 0.0192. The van der Waals surface area contributed by atoms with Gasteiger partial charge >= 0.3 is 0 Å². The third kappa shape index (κ3) is 4.60. The van der Waals surface area contributed by atoms with Gasteiger partial charge in [-0.1, -0.05) is 32.0 Å². The molecule has 128 valence electrons. The van der Waals surface area contributed by atoms with Crippen LogP contribution in [0.15, 0.2) is 40.9 Å². The number of benzene rings is 2. The van der Waals surface area contributed by atoms with Crippen LogP contribution < -0.4 is 10.1 Å². The first-order chi connectivity index (χ1) is 11.4. The molecule has 1 unspecified atom stereocenters. The number of hydrogen-bond donors (Lipinski definition) is 1. The summed E-state index contributed by atoms with van der Waals surface area (Å²) in [4.78, 5) is 12.1. The number of nitrogens with one attached hydrogen (secondary N) is 1. The second-order valence-corrected chi connectivity index (χ2v) is 6.94. The van der Waals surface area contributed by atoms with Crippen molar-refractivity contribution in [1.82, 2.24) is 0 Å². The molecule has 0 aliphatic carbocycles. The van der Waals surface area contributed by atoms with E-state index >= 15 is 0 Å². The second-order valence-electron chi connectivity index (χ2n) is 6.08. The van der Waals surface area contributed by atoms with Crippen LogP contribution in [0.2, 0.25) is 0 Å². The highest BCUT2D eigenvalue weighted by Gasteiger charge is 2.10. The second kappa shape index (κ2) is 8.34. The van der Waals surface area contributed by atoms with Gasteiger partial charge in [0.1, 0.15) is 5.75 Å². The van der Waals surface area contributed by atoms with E-state index in [1.807, 2.05) is 38.1 Å². The first kappa shape index (κ1) is 18.5. The number of carbonyl (C=O) groups is 1. The molecule has 2 rings (SSSR count). The first-order valence-electron chi connectivity index (χ1n) is 8.20. The Morgan fingerprint density at radius 3 is 2.67 bits per heavy atom. The van der Waals surface area contributed by atoms with Gasteiger partial charge in [-0.05, 0) is 77.0 Å². The molecule has 0 aliphatic rings. The van der Waals surface area contributed by atoms with Crippen molar-refractivity contribution < 1.29 is 9.53 Å². The standard InChI is InChI=1S/C20H24BrNO2/c1-5-13(2)16-9-10-19(17(21)11-16)24-12-20(23)22-18-8-6-7-14(3)15(18)4/h6-11,13H,5,12H2,1-4H3,(H,22,23). The maximum absolute atomic E-state index is 12.1. The molecule has 1 amide bonds. The van der Waals surface area contributed by atoms with Gasteiger partial charge in [-0.3, -0.25) is 4.79 Å². The Bertz CT molecular complexity index is 728. The Hall–Kier alpha value is -1.81. The van der Waals surface area contributed by atoms with E-state index in [0.717, 1.165) is 27.7 Å². The van der Waals surface area contributed by atoms with Crippen LogP contribution in [0.3, 0.4) is 0 Å². The van der Waals surface area contributed by atoms with Crippen molar-refractivity contribution >= 4 is 27.5 Å². The normalized spacial score (nSPS) is 11.9. The van der Waals surface area contributed by atoms with E-state index < -0.39 is 0 Å². The van der Waals surface area contributed by atoms with E-state index in [1.54, 1.807) is 0 Å². The van der Waals surface area contributed by atoms with Crippen molar-refractivity contribution in [2.24, 2.45) is 0 Å². The van der Waals surface area contributed by atoms with Crippen LogP contribution in [0.25, 0.3) is 0 Å². The van der Waals surface area contributed by atoms with Crippen LogP contribution in [0, 0.1) is 13.8 Å². The maximum atomic E-state index is 12.1. The van der Waals surface area contributed by atoms with E-state index in [9.17, 15) is 4.79 Å². The third-order valence-corrected chi connectivity index (χ3v) is 4.99. The molecule has 1 N–H and O–H groups in total. The number of amides is 1. The van der Waals surface area contributed by atoms with Crippen molar-refractivity contribution in [2.75, 3.05) is 11.9 Å². The molecular weight excluding hydrogens is 366 g/mol. The maximum Gasteiger partial charge on any atom is 0.262 e. The van der Waals surface area contributed by atoms with Crippen molar-refractivity contribution in [3.63, 3.8) is 0 Å². The van der Waals surface area contributed by atoms with E-state index in [0.29, 0.717) is 11.7 Å². The van der Waals surface area contributed by atoms with E-state index in [-0.39, 0.29) is 12.5 Å². The Balaban J connectivity index is 1.98. The number of carbonyl (C=O) groups excluding carboxylic acids is 1. The number of hydrogen-bond acceptors (Lipinski definition) is 2. The van der Waals surface area contributed by atoms with Gasteiger partial charge in [0.25, 0.3) is 5.91 Å². The van der Waals surface area contributed by atoms with Crippen LogP contribution in [-0.2, 0) is 4.79 Å². The summed E-state index contributed by atoms with van der Waals surface area (Å²) in [5.41, 5.74) is 4.31. The summed E-state index contributed by atoms with van der Waals surface area (Å²) in [5, 5.41) is 2.90. The quantitative estimate of drug-likeness (QED) is 0.698. The zero-order valence-electron chi connectivity index (χ0n) is 14.7. The molecule has 2 aromatic rings. The monoisotopic (exact) mass is 389 g/mol. The SMILES string of the molecule is CCC(C)c1ccc(OCC(=O)Nc2cccc(C)c2C)c(Br)c1. The van der Waals surface area contributed by atoms with E-state index in [2.05, 4.69) is 47.2 Å². The lowest BCUT2D eigenvalue weighted by Gasteiger charge is -2.14. The lowest BCUT2D eigenvalue weighted by molar-refractivity contribution is -0.118. The van der Waals surface area contributed by atoms with Crippen LogP contribution >= 0.6 is 15.9 Å². The molecule has 0 bridgehead atoms. The zero-order chi connectivity index (χ0) is 17.7. The fraction of sp³-hybridized carbons (Fsp3) is 0.350. The number of halogens is 1. The average molecular weight is 390 g/mol. The molecule has 0 radical (unpaired) electrons. The van der Waals surface area contributed by atoms with Gasteiger partial charge in [0.2, 0.25) is 0 Å². The van der Waals surface area contributed by atoms with Crippen LogP contribution in [-0.4, -0.2) is 12.5 Å². The van der Waals surface area contributed by atoms with Gasteiger partial charge in [0.05, 0.1) is 4.47 Å². The molecule has 0 saturated carbocycles. The smallest absolute Gasteiger partial charge is 0.262 e. The third-order valence-electron chi connectivity index (χ3n) is 4.37. The summed E-state index contributed by atoms with van der Waals surface area (Å²) >= 11 is 3.53. The Kier molecular flexibility index (Phi) is 6.44. The zero-order valence-corrected chi connectivity index (χ0v) is 16.2. The van der Waals surface area contributed by atoms with Crippen molar-refractivity contribution in [3.8, 4) is 5.75 Å². The van der Waals surface area contributed by atoms with Gasteiger partial charge in [0.15, 0.2) is 6.61 Å². The summed E-state index contributed by atoms with van der Waals surface area (Å²) < 4.78 is 6.53. The molecule has 1 atom stereocenters. The Labute approximate surface area is 152 Å². The van der Waals surface area contributed by atoms with E-state index in [1.165, 1.54) is 5.56 Å². The van der Waals surface area contributed by atoms with Crippen molar-refractivity contribution in [1.29, 1.82) is 0 Å². The summed E-state index contributed by atoms with van der Waals surface area (Å²) in [6.07, 6.45) is 1.09. The van der Waals surface area contributed by atoms with Crippen LogP contribution in [0.5, 0.6) is 5.75 Å². The molecule has 24 heavy (non-hydrogen) atoms. The molecule has 3 nitrogen and oxygen atoms in total. The molecule has 0 fully saturated rings. The van der Waals surface area contributed by atoms with Crippen LogP contribution in [0.1, 0.15) is 42.9 Å². The van der Waals surface area contributed by atoms with Crippen LogP contribution in [0.4, 0.5) is 5.69 Å². The Morgan fingerprint density at radius 2 is 2.00 bits per heavy atom. The molecule has 2 aromatic carbocycles. The van der Waals surface area contributed by atoms with Gasteiger partial charge < -0.3 is 10.1 Å². The van der Waals surface area contributed by atoms with Crippen molar-refractivity contribution in [3.05, 3.63) is 57.6 Å². The number of aryl methyl sites for hydroxylation is 1. The largest absolute Gasteiger partial charge is 0.483 e. The molecule has 0 spiro atoms. The summed E-state index contributed by atoms with van der Waals surface area (Å²) in [7, 11) is 0. The highest BCUT2D eigenvalue weighted by atomic mass is 79.9. The highest BCUT2D eigenvalue weighted by molar-refractivity contribution is 9.10. The number of anilines is 1. The summed E-state index contributed by atoms with van der Waals surface area (Å²) in [6, 6.07) is 11.9.